The molecule has 0 aliphatic carbocycles. The van der Waals surface area contributed by atoms with Crippen molar-refractivity contribution in [2.75, 3.05) is 17.7 Å². The van der Waals surface area contributed by atoms with Crippen LogP contribution in [0.4, 0.5) is 11.4 Å². The lowest BCUT2D eigenvalue weighted by Gasteiger charge is -2.23. The van der Waals surface area contributed by atoms with Gasteiger partial charge in [-0.25, -0.2) is 0 Å². The van der Waals surface area contributed by atoms with Crippen molar-refractivity contribution in [1.29, 1.82) is 0 Å². The van der Waals surface area contributed by atoms with E-state index >= 15 is 0 Å². The Morgan fingerprint density at radius 3 is 2.30 bits per heavy atom. The highest BCUT2D eigenvalue weighted by Crippen LogP contribution is 2.26. The lowest BCUT2D eigenvalue weighted by molar-refractivity contribution is 0.857. The van der Waals surface area contributed by atoms with Crippen LogP contribution in [-0.2, 0) is 6.54 Å². The van der Waals surface area contributed by atoms with Gasteiger partial charge in [-0.1, -0.05) is 38.1 Å². The third-order valence-corrected chi connectivity index (χ3v) is 3.71. The van der Waals surface area contributed by atoms with E-state index in [9.17, 15) is 0 Å². The van der Waals surface area contributed by atoms with Gasteiger partial charge >= 0.3 is 0 Å². The third-order valence-electron chi connectivity index (χ3n) is 3.71. The minimum absolute atomic E-state index is 0.555. The van der Waals surface area contributed by atoms with Gasteiger partial charge in [0.15, 0.2) is 0 Å². The SMILES string of the molecule is Cc1ccc(C(C)C)cc1N(C)Cc1ccc(N)cc1. The van der Waals surface area contributed by atoms with Crippen molar-refractivity contribution in [3.63, 3.8) is 0 Å². The number of hydrogen-bond acceptors (Lipinski definition) is 2. The summed E-state index contributed by atoms with van der Waals surface area (Å²) in [6.45, 7) is 7.52. The van der Waals surface area contributed by atoms with Crippen molar-refractivity contribution < 1.29 is 0 Å². The summed E-state index contributed by atoms with van der Waals surface area (Å²) in [5.41, 5.74) is 11.8. The van der Waals surface area contributed by atoms with E-state index in [1.54, 1.807) is 0 Å². The molecule has 2 aromatic carbocycles. The highest BCUT2D eigenvalue weighted by Gasteiger charge is 2.08. The minimum Gasteiger partial charge on any atom is -0.399 e. The molecule has 0 aliphatic rings. The quantitative estimate of drug-likeness (QED) is 0.836. The zero-order valence-electron chi connectivity index (χ0n) is 12.9. The summed E-state index contributed by atoms with van der Waals surface area (Å²) in [5.74, 6) is 0.555. The Morgan fingerprint density at radius 1 is 1.05 bits per heavy atom. The Kier molecular flexibility index (Phi) is 4.33. The Balaban J connectivity index is 2.22. The summed E-state index contributed by atoms with van der Waals surface area (Å²) in [5, 5.41) is 0. The van der Waals surface area contributed by atoms with E-state index in [4.69, 9.17) is 5.73 Å². The van der Waals surface area contributed by atoms with Gasteiger partial charge in [-0.05, 0) is 47.7 Å². The van der Waals surface area contributed by atoms with Crippen molar-refractivity contribution in [3.8, 4) is 0 Å². The topological polar surface area (TPSA) is 29.3 Å². The number of nitrogen functional groups attached to an aromatic ring is 1. The molecule has 0 spiro atoms. The van der Waals surface area contributed by atoms with Crippen LogP contribution in [0.3, 0.4) is 0 Å². The first kappa shape index (κ1) is 14.4. The number of nitrogens with two attached hydrogens (primary N) is 1. The average molecular weight is 268 g/mol. The summed E-state index contributed by atoms with van der Waals surface area (Å²) < 4.78 is 0. The Hall–Kier alpha value is -1.96. The number of anilines is 2. The third kappa shape index (κ3) is 3.32. The van der Waals surface area contributed by atoms with Gasteiger partial charge in [0.25, 0.3) is 0 Å². The molecule has 0 atom stereocenters. The summed E-state index contributed by atoms with van der Waals surface area (Å²) in [4.78, 5) is 2.30. The molecule has 2 rings (SSSR count). The molecule has 2 nitrogen and oxygen atoms in total. The van der Waals surface area contributed by atoms with Gasteiger partial charge < -0.3 is 10.6 Å². The molecule has 0 unspecified atom stereocenters. The largest absolute Gasteiger partial charge is 0.399 e. The van der Waals surface area contributed by atoms with Crippen LogP contribution in [0.1, 0.15) is 36.5 Å². The van der Waals surface area contributed by atoms with Crippen molar-refractivity contribution in [3.05, 3.63) is 59.2 Å². The van der Waals surface area contributed by atoms with Gasteiger partial charge in [-0.3, -0.25) is 0 Å². The van der Waals surface area contributed by atoms with Crippen LogP contribution in [0.2, 0.25) is 0 Å². The normalized spacial score (nSPS) is 10.8. The zero-order valence-corrected chi connectivity index (χ0v) is 12.9. The lowest BCUT2D eigenvalue weighted by atomic mass is 10.00. The fraction of sp³-hybridized carbons (Fsp3) is 0.333. The van der Waals surface area contributed by atoms with Gasteiger partial charge in [-0.15, -0.1) is 0 Å². The van der Waals surface area contributed by atoms with Crippen LogP contribution >= 0.6 is 0 Å². The van der Waals surface area contributed by atoms with Gasteiger partial charge in [-0.2, -0.15) is 0 Å². The molecular formula is C18H24N2. The highest BCUT2D eigenvalue weighted by molar-refractivity contribution is 5.55. The zero-order chi connectivity index (χ0) is 14.7. The standard InChI is InChI=1S/C18H24N2/c1-13(2)16-8-5-14(3)18(11-16)20(4)12-15-6-9-17(19)10-7-15/h5-11,13H,12,19H2,1-4H3. The molecule has 2 heteroatoms. The molecule has 0 bridgehead atoms. The lowest BCUT2D eigenvalue weighted by Crippen LogP contribution is -2.17. The van der Waals surface area contributed by atoms with E-state index in [1.165, 1.54) is 22.4 Å². The number of benzene rings is 2. The Labute approximate surface area is 122 Å². The van der Waals surface area contributed by atoms with E-state index in [-0.39, 0.29) is 0 Å². The maximum atomic E-state index is 5.73. The predicted molar refractivity (Wildman–Crippen MR) is 88.2 cm³/mol. The highest BCUT2D eigenvalue weighted by atomic mass is 15.1. The van der Waals surface area contributed by atoms with Gasteiger partial charge in [0, 0.05) is 25.0 Å². The van der Waals surface area contributed by atoms with E-state index in [0.717, 1.165) is 12.2 Å². The van der Waals surface area contributed by atoms with Crippen molar-refractivity contribution >= 4 is 11.4 Å². The number of hydrogen-bond donors (Lipinski definition) is 1. The molecule has 0 heterocycles. The maximum absolute atomic E-state index is 5.73. The smallest absolute Gasteiger partial charge is 0.0426 e. The molecule has 0 aliphatic heterocycles. The monoisotopic (exact) mass is 268 g/mol. The van der Waals surface area contributed by atoms with Crippen LogP contribution in [0.25, 0.3) is 0 Å². The molecule has 106 valence electrons. The van der Waals surface area contributed by atoms with Crippen molar-refractivity contribution in [2.24, 2.45) is 0 Å². The molecule has 0 saturated heterocycles. The summed E-state index contributed by atoms with van der Waals surface area (Å²) in [6.07, 6.45) is 0. The molecule has 0 fully saturated rings. The second-order valence-electron chi connectivity index (χ2n) is 5.80. The average Bonchev–Trinajstić information content (AvgIpc) is 2.41. The van der Waals surface area contributed by atoms with Crippen LogP contribution in [0.5, 0.6) is 0 Å². The first-order valence-electron chi connectivity index (χ1n) is 7.13. The van der Waals surface area contributed by atoms with Crippen molar-refractivity contribution in [1.82, 2.24) is 0 Å². The van der Waals surface area contributed by atoms with Gasteiger partial charge in [0.1, 0.15) is 0 Å². The van der Waals surface area contributed by atoms with Crippen LogP contribution in [0, 0.1) is 6.92 Å². The van der Waals surface area contributed by atoms with E-state index < -0.39 is 0 Å². The number of nitrogens with zero attached hydrogens (tertiary/aromatic N) is 1. The molecular weight excluding hydrogens is 244 g/mol. The van der Waals surface area contributed by atoms with Gasteiger partial charge in [0.05, 0.1) is 0 Å². The number of aryl methyl sites for hydroxylation is 1. The van der Waals surface area contributed by atoms with E-state index in [0.29, 0.717) is 5.92 Å². The van der Waals surface area contributed by atoms with Crippen LogP contribution in [0.15, 0.2) is 42.5 Å². The predicted octanol–water partition coefficient (Wildman–Crippen LogP) is 4.34. The second kappa shape index (κ2) is 6.00. The fourth-order valence-corrected chi connectivity index (χ4v) is 2.38. The van der Waals surface area contributed by atoms with Crippen molar-refractivity contribution in [2.45, 2.75) is 33.2 Å². The first-order chi connectivity index (χ1) is 9.47. The molecule has 0 amide bonds. The van der Waals surface area contributed by atoms with E-state index in [1.807, 2.05) is 12.1 Å². The van der Waals surface area contributed by atoms with Crippen LogP contribution < -0.4 is 10.6 Å². The van der Waals surface area contributed by atoms with Crippen LogP contribution in [-0.4, -0.2) is 7.05 Å². The molecule has 2 N–H and O–H groups in total. The molecule has 2 aromatic rings. The molecule has 0 radical (unpaired) electrons. The Bertz CT molecular complexity index is 570. The molecule has 20 heavy (non-hydrogen) atoms. The summed E-state index contributed by atoms with van der Waals surface area (Å²) >= 11 is 0. The van der Waals surface area contributed by atoms with E-state index in [2.05, 4.69) is 63.1 Å². The van der Waals surface area contributed by atoms with Gasteiger partial charge in [0.2, 0.25) is 0 Å². The first-order valence-corrected chi connectivity index (χ1v) is 7.13. The fourth-order valence-electron chi connectivity index (χ4n) is 2.38. The minimum atomic E-state index is 0.555. The summed E-state index contributed by atoms with van der Waals surface area (Å²) in [6, 6.07) is 14.8. The molecule has 0 aromatic heterocycles. The number of rotatable bonds is 4. The Morgan fingerprint density at radius 2 is 1.70 bits per heavy atom. The second-order valence-corrected chi connectivity index (χ2v) is 5.80. The summed E-state index contributed by atoms with van der Waals surface area (Å²) in [7, 11) is 2.14. The maximum Gasteiger partial charge on any atom is 0.0426 e. The molecule has 0 saturated carbocycles.